The number of nitrogens with one attached hydrogen (secondary N) is 2. The molecule has 0 saturated carbocycles. The lowest BCUT2D eigenvalue weighted by atomic mass is 10.1. The number of guanidine groups is 1. The number of benzene rings is 1. The van der Waals surface area contributed by atoms with Gasteiger partial charge >= 0.3 is 0 Å². The maximum Gasteiger partial charge on any atom is 0.191 e. The first kappa shape index (κ1) is 22.5. The summed E-state index contributed by atoms with van der Waals surface area (Å²) in [5.74, 6) is 1.98. The highest BCUT2D eigenvalue weighted by atomic mass is 127. The van der Waals surface area contributed by atoms with Crippen molar-refractivity contribution < 1.29 is 9.13 Å². The highest BCUT2D eigenvalue weighted by Gasteiger charge is 2.05. The number of nitrogens with zero attached hydrogens (tertiary/aromatic N) is 2. The molecule has 0 saturated heterocycles. The molecule has 0 spiro atoms. The minimum absolute atomic E-state index is 0. The monoisotopic (exact) mass is 490 g/mol. The summed E-state index contributed by atoms with van der Waals surface area (Å²) in [4.78, 5) is 8.19. The fourth-order valence-electron chi connectivity index (χ4n) is 2.23. The number of halogens is 2. The van der Waals surface area contributed by atoms with E-state index < -0.39 is 0 Å². The van der Waals surface area contributed by atoms with E-state index in [1.807, 2.05) is 24.5 Å². The average molecular weight is 490 g/mol. The minimum atomic E-state index is -0.206. The Balaban J connectivity index is 0.00000338. The zero-order valence-electron chi connectivity index (χ0n) is 14.9. The van der Waals surface area contributed by atoms with Crippen molar-refractivity contribution in [2.75, 3.05) is 26.5 Å². The van der Waals surface area contributed by atoms with Crippen LogP contribution >= 0.6 is 35.7 Å². The lowest BCUT2D eigenvalue weighted by molar-refractivity contribution is 0.320. The zero-order chi connectivity index (χ0) is 17.9. The van der Waals surface area contributed by atoms with Crippen LogP contribution in [-0.2, 0) is 12.3 Å². The largest absolute Gasteiger partial charge is 0.490 e. The Kier molecular flexibility index (Phi) is 11.0. The molecule has 0 aliphatic carbocycles. The number of rotatable bonds is 8. The van der Waals surface area contributed by atoms with E-state index in [2.05, 4.69) is 20.6 Å². The number of aliphatic imine (C=N–C) groups is 1. The van der Waals surface area contributed by atoms with E-state index in [1.54, 1.807) is 37.3 Å². The molecule has 0 atom stereocenters. The molecule has 0 radical (unpaired) electrons. The summed E-state index contributed by atoms with van der Waals surface area (Å²) < 4.78 is 19.0. The normalized spacial score (nSPS) is 10.8. The van der Waals surface area contributed by atoms with Crippen LogP contribution in [0.3, 0.4) is 0 Å². The SMILES string of the molecule is CN=C(NCCOc1cccnc1)NCc1ccc(F)cc1CSC.I. The molecule has 8 heteroatoms. The Labute approximate surface area is 175 Å². The van der Waals surface area contributed by atoms with Crippen molar-refractivity contribution in [2.24, 2.45) is 4.99 Å². The van der Waals surface area contributed by atoms with Gasteiger partial charge in [-0.25, -0.2) is 4.39 Å². The van der Waals surface area contributed by atoms with Crippen LogP contribution in [0.2, 0.25) is 0 Å². The molecule has 2 N–H and O–H groups in total. The topological polar surface area (TPSA) is 58.5 Å². The average Bonchev–Trinajstić information content (AvgIpc) is 2.63. The van der Waals surface area contributed by atoms with Crippen LogP contribution in [0, 0.1) is 5.82 Å². The van der Waals surface area contributed by atoms with Crippen LogP contribution < -0.4 is 15.4 Å². The molecule has 5 nitrogen and oxygen atoms in total. The second-order valence-electron chi connectivity index (χ2n) is 5.24. The third kappa shape index (κ3) is 7.77. The first-order valence-electron chi connectivity index (χ1n) is 7.96. The third-order valence-corrected chi connectivity index (χ3v) is 4.04. The van der Waals surface area contributed by atoms with E-state index in [4.69, 9.17) is 4.74 Å². The molecule has 142 valence electrons. The van der Waals surface area contributed by atoms with Gasteiger partial charge in [-0.3, -0.25) is 9.98 Å². The molecular formula is C18H24FIN4OS. The second-order valence-corrected chi connectivity index (χ2v) is 6.10. The molecule has 1 aromatic heterocycles. The fraction of sp³-hybridized carbons (Fsp3) is 0.333. The molecule has 0 aliphatic heterocycles. The summed E-state index contributed by atoms with van der Waals surface area (Å²) in [6.45, 7) is 1.69. The number of ether oxygens (including phenoxy) is 1. The molecule has 0 aliphatic rings. The summed E-state index contributed by atoms with van der Waals surface area (Å²) in [6.07, 6.45) is 5.39. The molecule has 1 aromatic carbocycles. The van der Waals surface area contributed by atoms with E-state index >= 15 is 0 Å². The van der Waals surface area contributed by atoms with E-state index in [-0.39, 0.29) is 29.8 Å². The predicted molar refractivity (Wildman–Crippen MR) is 117 cm³/mol. The maximum atomic E-state index is 13.4. The Hall–Kier alpha value is -1.55. The molecule has 0 unspecified atom stereocenters. The fourth-order valence-corrected chi connectivity index (χ4v) is 2.81. The van der Waals surface area contributed by atoms with Crippen molar-refractivity contribution in [3.8, 4) is 5.75 Å². The molecule has 0 amide bonds. The molecule has 26 heavy (non-hydrogen) atoms. The van der Waals surface area contributed by atoms with Gasteiger partial charge in [0.1, 0.15) is 18.2 Å². The van der Waals surface area contributed by atoms with Gasteiger partial charge in [0.25, 0.3) is 0 Å². The van der Waals surface area contributed by atoms with Gasteiger partial charge in [-0.15, -0.1) is 24.0 Å². The van der Waals surface area contributed by atoms with Gasteiger partial charge < -0.3 is 15.4 Å². The van der Waals surface area contributed by atoms with E-state index in [0.717, 1.165) is 22.6 Å². The number of pyridine rings is 1. The highest BCUT2D eigenvalue weighted by molar-refractivity contribution is 14.0. The van der Waals surface area contributed by atoms with Crippen molar-refractivity contribution in [1.82, 2.24) is 15.6 Å². The summed E-state index contributed by atoms with van der Waals surface area (Å²) >= 11 is 1.67. The lowest BCUT2D eigenvalue weighted by Crippen LogP contribution is -2.39. The molecule has 0 fully saturated rings. The Morgan fingerprint density at radius 1 is 1.27 bits per heavy atom. The summed E-state index contributed by atoms with van der Waals surface area (Å²) in [5.41, 5.74) is 2.06. The van der Waals surface area contributed by atoms with Crippen LogP contribution in [0.1, 0.15) is 11.1 Å². The Bertz CT molecular complexity index is 688. The van der Waals surface area contributed by atoms with Crippen LogP contribution in [-0.4, -0.2) is 37.4 Å². The quantitative estimate of drug-likeness (QED) is 0.257. The second kappa shape index (κ2) is 12.7. The van der Waals surface area contributed by atoms with Crippen molar-refractivity contribution in [2.45, 2.75) is 12.3 Å². The van der Waals surface area contributed by atoms with Gasteiger partial charge in [-0.05, 0) is 41.6 Å². The van der Waals surface area contributed by atoms with Gasteiger partial charge in [-0.1, -0.05) is 6.07 Å². The third-order valence-electron chi connectivity index (χ3n) is 3.44. The first-order valence-corrected chi connectivity index (χ1v) is 9.36. The lowest BCUT2D eigenvalue weighted by Gasteiger charge is -2.14. The number of hydrogen-bond donors (Lipinski definition) is 2. The summed E-state index contributed by atoms with van der Waals surface area (Å²) in [7, 11) is 1.71. The van der Waals surface area contributed by atoms with Gasteiger partial charge in [0.15, 0.2) is 5.96 Å². The minimum Gasteiger partial charge on any atom is -0.490 e. The van der Waals surface area contributed by atoms with Crippen LogP contribution in [0.25, 0.3) is 0 Å². The van der Waals surface area contributed by atoms with Crippen molar-refractivity contribution in [3.63, 3.8) is 0 Å². The van der Waals surface area contributed by atoms with Crippen LogP contribution in [0.15, 0.2) is 47.7 Å². The van der Waals surface area contributed by atoms with Crippen molar-refractivity contribution in [1.29, 1.82) is 0 Å². The van der Waals surface area contributed by atoms with E-state index in [1.165, 1.54) is 6.07 Å². The number of aromatic nitrogens is 1. The van der Waals surface area contributed by atoms with Crippen molar-refractivity contribution in [3.05, 3.63) is 59.7 Å². The molecular weight excluding hydrogens is 466 g/mol. The van der Waals surface area contributed by atoms with Crippen LogP contribution in [0.4, 0.5) is 4.39 Å². The Morgan fingerprint density at radius 2 is 2.12 bits per heavy atom. The first-order chi connectivity index (χ1) is 12.2. The van der Waals surface area contributed by atoms with E-state index in [0.29, 0.717) is 25.7 Å². The van der Waals surface area contributed by atoms with Crippen LogP contribution in [0.5, 0.6) is 5.75 Å². The van der Waals surface area contributed by atoms with Gasteiger partial charge in [0.2, 0.25) is 0 Å². The number of thioether (sulfide) groups is 1. The van der Waals surface area contributed by atoms with Crippen molar-refractivity contribution >= 4 is 41.7 Å². The highest BCUT2D eigenvalue weighted by Crippen LogP contribution is 2.16. The maximum absolute atomic E-state index is 13.4. The molecule has 1 heterocycles. The molecule has 2 aromatic rings. The number of hydrogen-bond acceptors (Lipinski definition) is 4. The Morgan fingerprint density at radius 3 is 2.81 bits per heavy atom. The zero-order valence-corrected chi connectivity index (χ0v) is 18.0. The standard InChI is InChI=1S/C18H23FN4OS.HI/c1-20-18(22-8-9-24-17-4-3-7-21-12-17)23-11-14-5-6-16(19)10-15(14)13-25-2;/h3-7,10,12H,8-9,11,13H2,1-2H3,(H2,20,22,23);1H. The summed E-state index contributed by atoms with van der Waals surface area (Å²) in [6, 6.07) is 8.58. The van der Waals surface area contributed by atoms with Gasteiger partial charge in [-0.2, -0.15) is 11.8 Å². The smallest absolute Gasteiger partial charge is 0.191 e. The van der Waals surface area contributed by atoms with Gasteiger partial charge in [0.05, 0.1) is 12.7 Å². The van der Waals surface area contributed by atoms with Gasteiger partial charge in [0, 0.05) is 25.5 Å². The molecule has 2 rings (SSSR count). The summed E-state index contributed by atoms with van der Waals surface area (Å²) in [5, 5.41) is 6.43. The predicted octanol–water partition coefficient (Wildman–Crippen LogP) is 3.45. The van der Waals surface area contributed by atoms with E-state index in [9.17, 15) is 4.39 Å². The molecule has 0 bridgehead atoms.